The zero-order valence-corrected chi connectivity index (χ0v) is 17.8. The Balaban J connectivity index is 1.80. The van der Waals surface area contributed by atoms with Crippen LogP contribution in [0, 0.1) is 10.1 Å². The Morgan fingerprint density at radius 3 is 2.45 bits per heavy atom. The van der Waals surface area contributed by atoms with Crippen LogP contribution in [0.25, 0.3) is 0 Å². The number of nitro benzene ring substituents is 1. The normalized spacial score (nSPS) is 14.9. The van der Waals surface area contributed by atoms with E-state index in [-0.39, 0.29) is 17.3 Å². The van der Waals surface area contributed by atoms with Gasteiger partial charge in [-0.3, -0.25) is 24.0 Å². The van der Waals surface area contributed by atoms with Gasteiger partial charge in [-0.15, -0.1) is 0 Å². The predicted molar refractivity (Wildman–Crippen MR) is 117 cm³/mol. The number of benzene rings is 2. The molecule has 10 nitrogen and oxygen atoms in total. The Hall–Kier alpha value is -3.47. The van der Waals surface area contributed by atoms with Crippen LogP contribution in [-0.4, -0.2) is 44.0 Å². The summed E-state index contributed by atoms with van der Waals surface area (Å²) in [5, 5.41) is 13.7. The third-order valence-electron chi connectivity index (χ3n) is 4.90. The summed E-state index contributed by atoms with van der Waals surface area (Å²) in [6.45, 7) is 2.04. The number of nitro groups is 1. The summed E-state index contributed by atoms with van der Waals surface area (Å²) in [7, 11) is -3.92. The van der Waals surface area contributed by atoms with E-state index in [0.29, 0.717) is 18.7 Å². The fourth-order valence-electron chi connectivity index (χ4n) is 3.45. The largest absolute Gasteiger partial charge is 0.324 e. The van der Waals surface area contributed by atoms with Gasteiger partial charge in [0.1, 0.15) is 6.04 Å². The van der Waals surface area contributed by atoms with Crippen molar-refractivity contribution >= 4 is 44.6 Å². The van der Waals surface area contributed by atoms with Gasteiger partial charge in [-0.25, -0.2) is 8.42 Å². The van der Waals surface area contributed by atoms with Crippen molar-refractivity contribution in [3.63, 3.8) is 0 Å². The second kappa shape index (κ2) is 8.72. The Bertz CT molecular complexity index is 1120. The summed E-state index contributed by atoms with van der Waals surface area (Å²) < 4.78 is 25.6. The van der Waals surface area contributed by atoms with E-state index in [2.05, 4.69) is 5.32 Å². The lowest BCUT2D eigenvalue weighted by atomic mass is 10.2. The minimum absolute atomic E-state index is 0.0160. The first-order valence-electron chi connectivity index (χ1n) is 9.53. The maximum Gasteiger partial charge on any atom is 0.271 e. The molecular formula is C20H22N4O6S. The highest BCUT2D eigenvalue weighted by molar-refractivity contribution is 7.92. The number of sulfonamides is 1. The van der Waals surface area contributed by atoms with Crippen LogP contribution in [0.15, 0.2) is 48.5 Å². The van der Waals surface area contributed by atoms with Gasteiger partial charge in [0.2, 0.25) is 21.8 Å². The molecule has 2 amide bonds. The summed E-state index contributed by atoms with van der Waals surface area (Å²) >= 11 is 0. The zero-order chi connectivity index (χ0) is 22.8. The number of non-ortho nitro benzene ring substituents is 1. The standard InChI is InChI=1S/C20H22N4O6S/c1-14(23(31(2,29)30)17-5-3-6-18(13-17)24(27)28)20(26)21-15-8-10-16(11-9-15)22-12-4-7-19(22)25/h3,5-6,8-11,13-14H,4,7,12H2,1-2H3,(H,21,26)/t14-/m0/s1. The van der Waals surface area contributed by atoms with E-state index in [9.17, 15) is 28.1 Å². The van der Waals surface area contributed by atoms with Crippen LogP contribution in [0.4, 0.5) is 22.7 Å². The second-order valence-electron chi connectivity index (χ2n) is 7.20. The molecule has 0 unspecified atom stereocenters. The van der Waals surface area contributed by atoms with Crippen LogP contribution in [0.1, 0.15) is 19.8 Å². The van der Waals surface area contributed by atoms with Crippen LogP contribution in [0.3, 0.4) is 0 Å². The molecule has 0 aliphatic carbocycles. The summed E-state index contributed by atoms with van der Waals surface area (Å²) in [5.74, 6) is -0.562. The number of nitrogens with one attached hydrogen (secondary N) is 1. The number of anilines is 3. The van der Waals surface area contributed by atoms with E-state index >= 15 is 0 Å². The Kier molecular flexibility index (Phi) is 6.25. The predicted octanol–water partition coefficient (Wildman–Crippen LogP) is 2.51. The molecule has 2 aromatic carbocycles. The smallest absolute Gasteiger partial charge is 0.271 e. The molecule has 1 aliphatic heterocycles. The quantitative estimate of drug-likeness (QED) is 0.514. The molecule has 1 N–H and O–H groups in total. The molecule has 31 heavy (non-hydrogen) atoms. The molecule has 164 valence electrons. The summed E-state index contributed by atoms with van der Waals surface area (Å²) in [6, 6.07) is 10.6. The molecule has 0 aromatic heterocycles. The van der Waals surface area contributed by atoms with Crippen molar-refractivity contribution in [2.75, 3.05) is 27.3 Å². The van der Waals surface area contributed by atoms with E-state index in [0.717, 1.165) is 28.7 Å². The molecule has 1 heterocycles. The van der Waals surface area contributed by atoms with Gasteiger partial charge in [0.05, 0.1) is 16.9 Å². The first kappa shape index (κ1) is 22.2. The molecule has 0 spiro atoms. The van der Waals surface area contributed by atoms with Gasteiger partial charge in [-0.05, 0) is 43.7 Å². The van der Waals surface area contributed by atoms with E-state index in [4.69, 9.17) is 0 Å². The van der Waals surface area contributed by atoms with Crippen molar-refractivity contribution in [3.8, 4) is 0 Å². The Morgan fingerprint density at radius 1 is 1.23 bits per heavy atom. The van der Waals surface area contributed by atoms with Crippen molar-refractivity contribution in [2.24, 2.45) is 0 Å². The molecule has 0 bridgehead atoms. The molecule has 0 radical (unpaired) electrons. The van der Waals surface area contributed by atoms with Gasteiger partial charge in [0.25, 0.3) is 5.69 Å². The molecule has 1 aliphatic rings. The molecule has 11 heteroatoms. The minimum Gasteiger partial charge on any atom is -0.324 e. The number of hydrogen-bond acceptors (Lipinski definition) is 6. The number of nitrogens with zero attached hydrogens (tertiary/aromatic N) is 3. The lowest BCUT2D eigenvalue weighted by Crippen LogP contribution is -2.45. The molecule has 1 saturated heterocycles. The number of carbonyl (C=O) groups excluding carboxylic acids is 2. The van der Waals surface area contributed by atoms with E-state index in [1.165, 1.54) is 25.1 Å². The van der Waals surface area contributed by atoms with Crippen LogP contribution < -0.4 is 14.5 Å². The van der Waals surface area contributed by atoms with Crippen molar-refractivity contribution in [1.29, 1.82) is 0 Å². The second-order valence-corrected chi connectivity index (χ2v) is 9.06. The van der Waals surface area contributed by atoms with E-state index in [1.54, 1.807) is 29.2 Å². The Morgan fingerprint density at radius 2 is 1.90 bits per heavy atom. The molecule has 1 atom stereocenters. The average molecular weight is 446 g/mol. The molecule has 2 aromatic rings. The summed E-state index contributed by atoms with van der Waals surface area (Å²) in [4.78, 5) is 36.7. The monoisotopic (exact) mass is 446 g/mol. The van der Waals surface area contributed by atoms with Crippen molar-refractivity contribution in [3.05, 3.63) is 58.6 Å². The first-order chi connectivity index (χ1) is 14.6. The molecule has 0 saturated carbocycles. The number of amides is 2. The third-order valence-corrected chi connectivity index (χ3v) is 6.15. The highest BCUT2D eigenvalue weighted by Crippen LogP contribution is 2.27. The number of rotatable bonds is 7. The maximum atomic E-state index is 12.8. The third kappa shape index (κ3) is 5.00. The lowest BCUT2D eigenvalue weighted by molar-refractivity contribution is -0.384. The van der Waals surface area contributed by atoms with Gasteiger partial charge in [0.15, 0.2) is 0 Å². The molecule has 3 rings (SSSR count). The molecular weight excluding hydrogens is 424 g/mol. The van der Waals surface area contributed by atoms with Gasteiger partial charge in [0, 0.05) is 36.5 Å². The van der Waals surface area contributed by atoms with Crippen molar-refractivity contribution < 1.29 is 22.9 Å². The van der Waals surface area contributed by atoms with Crippen LogP contribution in [0.5, 0.6) is 0 Å². The fraction of sp³-hybridized carbons (Fsp3) is 0.300. The zero-order valence-electron chi connectivity index (χ0n) is 17.0. The van der Waals surface area contributed by atoms with Gasteiger partial charge >= 0.3 is 0 Å². The topological polar surface area (TPSA) is 130 Å². The summed E-state index contributed by atoms with van der Waals surface area (Å²) in [5.41, 5.74) is 0.885. The fourth-order valence-corrected chi connectivity index (χ4v) is 4.61. The van der Waals surface area contributed by atoms with E-state index < -0.39 is 26.9 Å². The lowest BCUT2D eigenvalue weighted by Gasteiger charge is -2.28. The first-order valence-corrected chi connectivity index (χ1v) is 11.4. The maximum absolute atomic E-state index is 12.8. The molecule has 1 fully saturated rings. The summed E-state index contributed by atoms with van der Waals surface area (Å²) in [6.07, 6.45) is 2.24. The highest BCUT2D eigenvalue weighted by Gasteiger charge is 2.30. The Labute approximate surface area is 179 Å². The van der Waals surface area contributed by atoms with E-state index in [1.807, 2.05) is 0 Å². The van der Waals surface area contributed by atoms with Gasteiger partial charge in [-0.2, -0.15) is 0 Å². The van der Waals surface area contributed by atoms with Crippen molar-refractivity contribution in [1.82, 2.24) is 0 Å². The van der Waals surface area contributed by atoms with Gasteiger partial charge < -0.3 is 10.2 Å². The van der Waals surface area contributed by atoms with Crippen LogP contribution >= 0.6 is 0 Å². The van der Waals surface area contributed by atoms with Crippen molar-refractivity contribution in [2.45, 2.75) is 25.8 Å². The van der Waals surface area contributed by atoms with Gasteiger partial charge in [-0.1, -0.05) is 6.07 Å². The average Bonchev–Trinajstić information content (AvgIpc) is 3.13. The minimum atomic E-state index is -3.92. The number of hydrogen-bond donors (Lipinski definition) is 1. The SMILES string of the molecule is C[C@@H](C(=O)Nc1ccc(N2CCCC2=O)cc1)N(c1cccc([N+](=O)[O-])c1)S(C)(=O)=O. The van der Waals surface area contributed by atoms with Crippen LogP contribution in [0.2, 0.25) is 0 Å². The van der Waals surface area contributed by atoms with Crippen LogP contribution in [-0.2, 0) is 19.6 Å². The highest BCUT2D eigenvalue weighted by atomic mass is 32.2. The number of carbonyl (C=O) groups is 2.